The first-order valence-corrected chi connectivity index (χ1v) is 7.15. The van der Waals surface area contributed by atoms with Gasteiger partial charge in [0.2, 0.25) is 0 Å². The van der Waals surface area contributed by atoms with Crippen molar-refractivity contribution in [2.75, 3.05) is 6.54 Å². The van der Waals surface area contributed by atoms with Gasteiger partial charge in [-0.1, -0.05) is 48.8 Å². The van der Waals surface area contributed by atoms with E-state index in [4.69, 9.17) is 10.9 Å². The van der Waals surface area contributed by atoms with Gasteiger partial charge in [-0.25, -0.2) is 0 Å². The number of rotatable bonds is 7. The van der Waals surface area contributed by atoms with Crippen molar-refractivity contribution in [1.82, 2.24) is 5.32 Å². The van der Waals surface area contributed by atoms with Crippen LogP contribution in [0.1, 0.15) is 50.8 Å². The lowest BCUT2D eigenvalue weighted by Gasteiger charge is -2.23. The SMILES string of the molecule is Cc1ccc([C@@H](C)NCCCC(C)(C)/C(N)=N/O)cc1. The maximum absolute atomic E-state index is 8.73. The number of amidine groups is 1. The average molecular weight is 277 g/mol. The van der Waals surface area contributed by atoms with Crippen molar-refractivity contribution in [2.24, 2.45) is 16.3 Å². The van der Waals surface area contributed by atoms with Gasteiger partial charge in [0, 0.05) is 11.5 Å². The summed E-state index contributed by atoms with van der Waals surface area (Å²) in [5, 5.41) is 15.3. The van der Waals surface area contributed by atoms with Gasteiger partial charge in [0.05, 0.1) is 0 Å². The van der Waals surface area contributed by atoms with E-state index in [0.717, 1.165) is 19.4 Å². The van der Waals surface area contributed by atoms with Crippen LogP contribution in [0.25, 0.3) is 0 Å². The first-order valence-electron chi connectivity index (χ1n) is 7.15. The normalized spacial score (nSPS) is 14.3. The van der Waals surface area contributed by atoms with E-state index in [2.05, 4.69) is 48.6 Å². The molecule has 4 nitrogen and oxygen atoms in total. The largest absolute Gasteiger partial charge is 0.409 e. The summed E-state index contributed by atoms with van der Waals surface area (Å²) in [6.45, 7) is 9.16. The van der Waals surface area contributed by atoms with Gasteiger partial charge < -0.3 is 16.3 Å². The van der Waals surface area contributed by atoms with E-state index in [1.807, 2.05) is 13.8 Å². The molecule has 1 aromatic carbocycles. The Hall–Kier alpha value is -1.55. The molecule has 0 heterocycles. The minimum atomic E-state index is -0.260. The van der Waals surface area contributed by atoms with E-state index in [0.29, 0.717) is 11.9 Å². The summed E-state index contributed by atoms with van der Waals surface area (Å²) >= 11 is 0. The molecule has 0 aliphatic carbocycles. The van der Waals surface area contributed by atoms with Gasteiger partial charge in [-0.15, -0.1) is 0 Å². The number of nitrogens with zero attached hydrogens (tertiary/aromatic N) is 1. The van der Waals surface area contributed by atoms with Gasteiger partial charge in [0.25, 0.3) is 0 Å². The summed E-state index contributed by atoms with van der Waals surface area (Å²) in [6, 6.07) is 8.92. The monoisotopic (exact) mass is 277 g/mol. The second-order valence-electron chi connectivity index (χ2n) is 6.06. The van der Waals surface area contributed by atoms with E-state index in [9.17, 15) is 0 Å². The second-order valence-corrected chi connectivity index (χ2v) is 6.06. The molecule has 1 rings (SSSR count). The smallest absolute Gasteiger partial charge is 0.144 e. The highest BCUT2D eigenvalue weighted by Crippen LogP contribution is 2.22. The molecule has 1 atom stereocenters. The fourth-order valence-electron chi connectivity index (χ4n) is 2.09. The molecule has 0 radical (unpaired) electrons. The summed E-state index contributed by atoms with van der Waals surface area (Å²) < 4.78 is 0. The van der Waals surface area contributed by atoms with Gasteiger partial charge in [-0.3, -0.25) is 0 Å². The van der Waals surface area contributed by atoms with Crippen LogP contribution in [0.5, 0.6) is 0 Å². The summed E-state index contributed by atoms with van der Waals surface area (Å²) in [5.41, 5.74) is 7.99. The molecule has 0 spiro atoms. The summed E-state index contributed by atoms with van der Waals surface area (Å²) in [6.07, 6.45) is 1.87. The number of oxime groups is 1. The molecule has 112 valence electrons. The lowest BCUT2D eigenvalue weighted by atomic mass is 9.86. The number of aryl methyl sites for hydroxylation is 1. The molecule has 20 heavy (non-hydrogen) atoms. The van der Waals surface area contributed by atoms with E-state index >= 15 is 0 Å². The molecule has 0 saturated heterocycles. The zero-order valence-corrected chi connectivity index (χ0v) is 13.0. The maximum Gasteiger partial charge on any atom is 0.144 e. The molecule has 0 aliphatic heterocycles. The van der Waals surface area contributed by atoms with Crippen LogP contribution in [0.3, 0.4) is 0 Å². The van der Waals surface area contributed by atoms with Crippen LogP contribution in [-0.4, -0.2) is 17.6 Å². The van der Waals surface area contributed by atoms with E-state index in [-0.39, 0.29) is 5.41 Å². The van der Waals surface area contributed by atoms with Crippen LogP contribution in [0.2, 0.25) is 0 Å². The second kappa shape index (κ2) is 7.29. The highest BCUT2D eigenvalue weighted by Gasteiger charge is 2.22. The topological polar surface area (TPSA) is 70.6 Å². The average Bonchev–Trinajstić information content (AvgIpc) is 2.43. The zero-order chi connectivity index (χ0) is 15.2. The van der Waals surface area contributed by atoms with Gasteiger partial charge in [0.15, 0.2) is 0 Å². The molecule has 0 aromatic heterocycles. The van der Waals surface area contributed by atoms with Crippen LogP contribution in [0, 0.1) is 12.3 Å². The Morgan fingerprint density at radius 1 is 1.35 bits per heavy atom. The van der Waals surface area contributed by atoms with Crippen molar-refractivity contribution in [2.45, 2.75) is 46.6 Å². The molecular weight excluding hydrogens is 250 g/mol. The van der Waals surface area contributed by atoms with Gasteiger partial charge in [-0.2, -0.15) is 0 Å². The quantitative estimate of drug-likeness (QED) is 0.236. The fraction of sp³-hybridized carbons (Fsp3) is 0.562. The van der Waals surface area contributed by atoms with Crippen LogP contribution < -0.4 is 11.1 Å². The highest BCUT2D eigenvalue weighted by atomic mass is 16.4. The Balaban J connectivity index is 2.36. The van der Waals surface area contributed by atoms with Crippen molar-refractivity contribution >= 4 is 5.84 Å². The fourth-order valence-corrected chi connectivity index (χ4v) is 2.09. The van der Waals surface area contributed by atoms with Gasteiger partial charge in [-0.05, 0) is 38.8 Å². The number of nitrogens with one attached hydrogen (secondary N) is 1. The van der Waals surface area contributed by atoms with Crippen LogP contribution in [0.15, 0.2) is 29.4 Å². The summed E-state index contributed by atoms with van der Waals surface area (Å²) in [7, 11) is 0. The van der Waals surface area contributed by atoms with Crippen molar-refractivity contribution in [3.8, 4) is 0 Å². The molecular formula is C16H27N3O. The molecule has 0 amide bonds. The number of hydrogen-bond acceptors (Lipinski definition) is 3. The van der Waals surface area contributed by atoms with Crippen LogP contribution >= 0.6 is 0 Å². The minimum Gasteiger partial charge on any atom is -0.409 e. The Kier molecular flexibility index (Phi) is 6.02. The predicted molar refractivity (Wildman–Crippen MR) is 84.0 cm³/mol. The van der Waals surface area contributed by atoms with E-state index < -0.39 is 0 Å². The molecule has 0 unspecified atom stereocenters. The van der Waals surface area contributed by atoms with Crippen molar-refractivity contribution in [1.29, 1.82) is 0 Å². The molecule has 0 bridgehead atoms. The van der Waals surface area contributed by atoms with E-state index in [1.165, 1.54) is 11.1 Å². The lowest BCUT2D eigenvalue weighted by Crippen LogP contribution is -2.32. The Labute approximate surface area is 122 Å². The first kappa shape index (κ1) is 16.5. The Morgan fingerprint density at radius 3 is 2.50 bits per heavy atom. The Morgan fingerprint density at radius 2 is 1.95 bits per heavy atom. The molecule has 0 aliphatic rings. The molecule has 0 saturated carbocycles. The third kappa shape index (κ3) is 4.85. The Bertz CT molecular complexity index is 438. The van der Waals surface area contributed by atoms with Crippen LogP contribution in [0.4, 0.5) is 0 Å². The molecule has 4 N–H and O–H groups in total. The number of benzene rings is 1. The first-order chi connectivity index (χ1) is 9.36. The summed E-state index contributed by atoms with van der Waals surface area (Å²) in [5.74, 6) is 0.295. The molecule has 1 aromatic rings. The highest BCUT2D eigenvalue weighted by molar-refractivity contribution is 5.85. The third-order valence-electron chi connectivity index (χ3n) is 3.81. The summed E-state index contributed by atoms with van der Waals surface area (Å²) in [4.78, 5) is 0. The molecule has 0 fully saturated rings. The lowest BCUT2D eigenvalue weighted by molar-refractivity contribution is 0.304. The maximum atomic E-state index is 8.73. The van der Waals surface area contributed by atoms with Crippen molar-refractivity contribution in [3.05, 3.63) is 35.4 Å². The van der Waals surface area contributed by atoms with Gasteiger partial charge >= 0.3 is 0 Å². The van der Waals surface area contributed by atoms with Crippen LogP contribution in [-0.2, 0) is 0 Å². The zero-order valence-electron chi connectivity index (χ0n) is 13.0. The molecule has 4 heteroatoms. The van der Waals surface area contributed by atoms with E-state index in [1.54, 1.807) is 0 Å². The minimum absolute atomic E-state index is 0.260. The number of hydrogen-bond donors (Lipinski definition) is 3. The van der Waals surface area contributed by atoms with Crippen molar-refractivity contribution < 1.29 is 5.21 Å². The van der Waals surface area contributed by atoms with Gasteiger partial charge in [0.1, 0.15) is 5.84 Å². The van der Waals surface area contributed by atoms with Crippen molar-refractivity contribution in [3.63, 3.8) is 0 Å². The third-order valence-corrected chi connectivity index (χ3v) is 3.81. The predicted octanol–water partition coefficient (Wildman–Crippen LogP) is 3.20. The standard InChI is InChI=1S/C16H27N3O/c1-12-6-8-14(9-7-12)13(2)18-11-5-10-16(3,4)15(17)19-20/h6-9,13,18,20H,5,10-11H2,1-4H3,(H2,17,19)/t13-/m1/s1. The number of nitrogens with two attached hydrogens (primary N) is 1.